The second kappa shape index (κ2) is 8.72. The number of nitrogens with zero attached hydrogens (tertiary/aromatic N) is 1. The third-order valence-corrected chi connectivity index (χ3v) is 4.22. The zero-order valence-electron chi connectivity index (χ0n) is 12.4. The lowest BCUT2D eigenvalue weighted by Gasteiger charge is -2.35. The molecule has 0 heterocycles. The molecule has 2 atom stereocenters. The van der Waals surface area contributed by atoms with Crippen molar-refractivity contribution in [3.8, 4) is 0 Å². The molecule has 2 N–H and O–H groups in total. The van der Waals surface area contributed by atoms with Crippen molar-refractivity contribution in [1.82, 2.24) is 4.90 Å². The topological polar surface area (TPSA) is 29.3 Å². The number of halogens is 1. The molecule has 2 nitrogen and oxygen atoms in total. The van der Waals surface area contributed by atoms with Crippen LogP contribution in [0.5, 0.6) is 0 Å². The van der Waals surface area contributed by atoms with Crippen molar-refractivity contribution in [1.29, 1.82) is 0 Å². The molecule has 1 aromatic carbocycles. The molecule has 0 aliphatic carbocycles. The summed E-state index contributed by atoms with van der Waals surface area (Å²) >= 11 is 3.50. The highest BCUT2D eigenvalue weighted by atomic mass is 79.9. The molecule has 1 aromatic rings. The fourth-order valence-corrected chi connectivity index (χ4v) is 2.73. The molecule has 0 amide bonds. The molecule has 1 rings (SSSR count). The number of benzene rings is 1. The van der Waals surface area contributed by atoms with Gasteiger partial charge < -0.3 is 5.73 Å². The number of nitrogens with two attached hydrogens (primary N) is 1. The summed E-state index contributed by atoms with van der Waals surface area (Å²) in [6, 6.07) is 9.13. The number of rotatable bonds is 8. The smallest absolute Gasteiger partial charge is 0.0498 e. The molecule has 0 spiro atoms. The number of unbranched alkanes of at least 4 members (excludes halogenated alkanes) is 1. The Kier molecular flexibility index (Phi) is 7.66. The third kappa shape index (κ3) is 4.90. The maximum Gasteiger partial charge on any atom is 0.0498 e. The van der Waals surface area contributed by atoms with Crippen LogP contribution in [0.4, 0.5) is 0 Å². The fourth-order valence-electron chi connectivity index (χ4n) is 2.47. The summed E-state index contributed by atoms with van der Waals surface area (Å²) in [7, 11) is 0. The highest BCUT2D eigenvalue weighted by Gasteiger charge is 2.24. The van der Waals surface area contributed by atoms with Crippen LogP contribution in [0.1, 0.15) is 51.6 Å². The Bertz CT molecular complexity index is 350. The lowest BCUT2D eigenvalue weighted by atomic mass is 9.96. The maximum atomic E-state index is 6.38. The van der Waals surface area contributed by atoms with Gasteiger partial charge in [-0.25, -0.2) is 0 Å². The van der Waals surface area contributed by atoms with Gasteiger partial charge in [-0.15, -0.1) is 0 Å². The van der Waals surface area contributed by atoms with Crippen LogP contribution >= 0.6 is 15.9 Å². The predicted molar refractivity (Wildman–Crippen MR) is 87.3 cm³/mol. The number of hydrogen-bond donors (Lipinski definition) is 1. The fraction of sp³-hybridized carbons (Fsp3) is 0.625. The summed E-state index contributed by atoms with van der Waals surface area (Å²) in [5, 5.41) is 0. The Balaban J connectivity index is 2.95. The summed E-state index contributed by atoms with van der Waals surface area (Å²) in [6.07, 6.45) is 3.46. The molecule has 3 heteroatoms. The lowest BCUT2D eigenvalue weighted by Crippen LogP contribution is -2.41. The van der Waals surface area contributed by atoms with Crippen LogP contribution in [-0.2, 0) is 0 Å². The van der Waals surface area contributed by atoms with Gasteiger partial charge in [-0.1, -0.05) is 55.3 Å². The van der Waals surface area contributed by atoms with Crippen LogP contribution in [0.25, 0.3) is 0 Å². The molecule has 0 aliphatic rings. The first kappa shape index (κ1) is 16.7. The average molecular weight is 327 g/mol. The Morgan fingerprint density at radius 3 is 2.26 bits per heavy atom. The summed E-state index contributed by atoms with van der Waals surface area (Å²) in [6.45, 7) is 8.81. The van der Waals surface area contributed by atoms with Crippen LogP contribution in [0.3, 0.4) is 0 Å². The average Bonchev–Trinajstić information content (AvgIpc) is 2.44. The van der Waals surface area contributed by atoms with Crippen LogP contribution in [-0.4, -0.2) is 24.0 Å². The van der Waals surface area contributed by atoms with Gasteiger partial charge in [0.1, 0.15) is 0 Å². The van der Waals surface area contributed by atoms with E-state index in [1.807, 2.05) is 0 Å². The molecule has 0 radical (unpaired) electrons. The van der Waals surface area contributed by atoms with Gasteiger partial charge in [0.2, 0.25) is 0 Å². The molecule has 0 bridgehead atoms. The van der Waals surface area contributed by atoms with E-state index in [-0.39, 0.29) is 6.04 Å². The summed E-state index contributed by atoms with van der Waals surface area (Å²) in [5.41, 5.74) is 7.71. The minimum atomic E-state index is 0.193. The molecule has 19 heavy (non-hydrogen) atoms. The molecular weight excluding hydrogens is 300 g/mol. The Labute approximate surface area is 126 Å². The molecule has 108 valence electrons. The largest absolute Gasteiger partial charge is 0.326 e. The molecule has 0 fully saturated rings. The van der Waals surface area contributed by atoms with Crippen molar-refractivity contribution >= 4 is 15.9 Å². The van der Waals surface area contributed by atoms with Crippen molar-refractivity contribution in [2.75, 3.05) is 13.1 Å². The minimum Gasteiger partial charge on any atom is -0.326 e. The van der Waals surface area contributed by atoms with E-state index in [0.29, 0.717) is 6.04 Å². The van der Waals surface area contributed by atoms with E-state index in [1.54, 1.807) is 0 Å². The van der Waals surface area contributed by atoms with Gasteiger partial charge in [0.05, 0.1) is 0 Å². The monoisotopic (exact) mass is 326 g/mol. The standard InChI is InChI=1S/C16H27BrN2/c1-4-7-12-19(6-3)16(15(18)5-2)13-8-10-14(17)11-9-13/h8-11,15-16H,4-7,12,18H2,1-3H3. The van der Waals surface area contributed by atoms with E-state index in [2.05, 4.69) is 65.9 Å². The van der Waals surface area contributed by atoms with E-state index in [1.165, 1.54) is 18.4 Å². The molecule has 2 unspecified atom stereocenters. The summed E-state index contributed by atoms with van der Waals surface area (Å²) in [5.74, 6) is 0. The summed E-state index contributed by atoms with van der Waals surface area (Å²) < 4.78 is 1.12. The second-order valence-electron chi connectivity index (χ2n) is 5.05. The van der Waals surface area contributed by atoms with Crippen molar-refractivity contribution in [2.24, 2.45) is 5.73 Å². The third-order valence-electron chi connectivity index (χ3n) is 3.69. The molecular formula is C16H27BrN2. The zero-order valence-corrected chi connectivity index (χ0v) is 14.0. The van der Waals surface area contributed by atoms with E-state index in [9.17, 15) is 0 Å². The first-order valence-electron chi connectivity index (χ1n) is 7.39. The first-order chi connectivity index (χ1) is 9.13. The van der Waals surface area contributed by atoms with E-state index in [0.717, 1.165) is 24.0 Å². The molecule has 0 saturated heterocycles. The van der Waals surface area contributed by atoms with Crippen LogP contribution in [0.2, 0.25) is 0 Å². The quantitative estimate of drug-likeness (QED) is 0.769. The van der Waals surface area contributed by atoms with Gasteiger partial charge in [-0.05, 0) is 43.6 Å². The van der Waals surface area contributed by atoms with Crippen molar-refractivity contribution < 1.29 is 0 Å². The molecule has 0 aliphatic heterocycles. The van der Waals surface area contributed by atoms with Gasteiger partial charge in [-0.3, -0.25) is 4.90 Å². The first-order valence-corrected chi connectivity index (χ1v) is 8.18. The van der Waals surface area contributed by atoms with Gasteiger partial charge >= 0.3 is 0 Å². The van der Waals surface area contributed by atoms with E-state index in [4.69, 9.17) is 5.73 Å². The normalized spacial score (nSPS) is 14.6. The number of hydrogen-bond acceptors (Lipinski definition) is 2. The van der Waals surface area contributed by atoms with Crippen molar-refractivity contribution in [3.05, 3.63) is 34.3 Å². The van der Waals surface area contributed by atoms with Crippen LogP contribution < -0.4 is 5.73 Å². The van der Waals surface area contributed by atoms with E-state index < -0.39 is 0 Å². The van der Waals surface area contributed by atoms with Crippen molar-refractivity contribution in [3.63, 3.8) is 0 Å². The van der Waals surface area contributed by atoms with Gasteiger partial charge in [0.25, 0.3) is 0 Å². The number of likely N-dealkylation sites (N-methyl/N-ethyl adjacent to an activating group) is 1. The SMILES string of the molecule is CCCCN(CC)C(c1ccc(Br)cc1)C(N)CC. The van der Waals surface area contributed by atoms with Crippen LogP contribution in [0.15, 0.2) is 28.7 Å². The highest BCUT2D eigenvalue weighted by Crippen LogP contribution is 2.26. The Morgan fingerprint density at radius 1 is 1.16 bits per heavy atom. The van der Waals surface area contributed by atoms with Gasteiger partial charge in [0.15, 0.2) is 0 Å². The Morgan fingerprint density at radius 2 is 1.79 bits per heavy atom. The van der Waals surface area contributed by atoms with Crippen molar-refractivity contribution in [2.45, 2.75) is 52.1 Å². The summed E-state index contributed by atoms with van der Waals surface area (Å²) in [4.78, 5) is 2.51. The second-order valence-corrected chi connectivity index (χ2v) is 5.97. The van der Waals surface area contributed by atoms with E-state index >= 15 is 0 Å². The van der Waals surface area contributed by atoms with Crippen LogP contribution in [0, 0.1) is 0 Å². The molecule has 0 saturated carbocycles. The Hall–Kier alpha value is -0.380. The maximum absolute atomic E-state index is 6.38. The predicted octanol–water partition coefficient (Wildman–Crippen LogP) is 4.35. The zero-order chi connectivity index (χ0) is 14.3. The molecule has 0 aromatic heterocycles. The minimum absolute atomic E-state index is 0.193. The highest BCUT2D eigenvalue weighted by molar-refractivity contribution is 9.10. The van der Waals surface area contributed by atoms with Gasteiger partial charge in [-0.2, -0.15) is 0 Å². The van der Waals surface area contributed by atoms with Gasteiger partial charge in [0, 0.05) is 16.6 Å². The lowest BCUT2D eigenvalue weighted by molar-refractivity contribution is 0.175.